The summed E-state index contributed by atoms with van der Waals surface area (Å²) < 4.78 is 0. The predicted octanol–water partition coefficient (Wildman–Crippen LogP) is -0.484. The molecule has 0 heterocycles. The zero-order chi connectivity index (χ0) is 17.6. The Morgan fingerprint density at radius 3 is 0.682 bits per heavy atom. The minimum atomic E-state index is -0.187. The van der Waals surface area contributed by atoms with Crippen LogP contribution in [0.4, 0.5) is 0 Å². The molecule has 0 aromatic rings. The third-order valence-electron chi connectivity index (χ3n) is 1.22. The molecule has 6 nitrogen and oxygen atoms in total. The van der Waals surface area contributed by atoms with Gasteiger partial charge in [-0.3, -0.25) is 14.4 Å². The number of ketones is 3. The number of allylic oxidation sites excluding steroid dienone is 6. The van der Waals surface area contributed by atoms with Crippen molar-refractivity contribution in [3.8, 4) is 0 Å². The SMILES string of the molecule is CC(=O)/C=C(/C)[O-].CC(=O)/C=C(\C)[O-].CC(=O)/C=C(\C)[O-].[V]. The number of carbonyl (C=O) groups is 3. The molecule has 0 aromatic carbocycles. The van der Waals surface area contributed by atoms with Gasteiger partial charge in [0.25, 0.3) is 0 Å². The van der Waals surface area contributed by atoms with Gasteiger partial charge in [-0.25, -0.2) is 0 Å². The molecule has 0 aliphatic heterocycles. The summed E-state index contributed by atoms with van der Waals surface area (Å²) in [6.07, 6.45) is 3.17. The van der Waals surface area contributed by atoms with Crippen molar-refractivity contribution in [3.63, 3.8) is 0 Å². The molecular weight excluding hydrogens is 327 g/mol. The maximum absolute atomic E-state index is 9.98. The summed E-state index contributed by atoms with van der Waals surface area (Å²) in [6.45, 7) is 8.09. The van der Waals surface area contributed by atoms with Crippen LogP contribution in [0.5, 0.6) is 0 Å². The summed E-state index contributed by atoms with van der Waals surface area (Å²) in [6, 6.07) is 0. The standard InChI is InChI=1S/3C5H8O2.V/c3*1-4(6)3-5(2)7;/h3*3,6H,1-2H3;/p-3/b2*4-3+;4-3-;. The number of carbonyl (C=O) groups excluding carboxylic acids is 3. The second-order valence-corrected chi connectivity index (χ2v) is 4.10. The monoisotopic (exact) mass is 348 g/mol. The van der Waals surface area contributed by atoms with E-state index in [1.807, 2.05) is 0 Å². The first-order valence-corrected chi connectivity index (χ1v) is 5.96. The Morgan fingerprint density at radius 2 is 0.682 bits per heavy atom. The van der Waals surface area contributed by atoms with Crippen molar-refractivity contribution in [3.05, 3.63) is 35.5 Å². The van der Waals surface area contributed by atoms with Gasteiger partial charge in [0.05, 0.1) is 0 Å². The van der Waals surface area contributed by atoms with Crippen LogP contribution in [0.15, 0.2) is 35.5 Å². The van der Waals surface area contributed by atoms with Crippen molar-refractivity contribution in [1.29, 1.82) is 0 Å². The molecule has 0 atom stereocenters. The van der Waals surface area contributed by atoms with Gasteiger partial charge in [0.15, 0.2) is 17.3 Å². The van der Waals surface area contributed by atoms with Gasteiger partial charge in [0, 0.05) is 18.6 Å². The third-order valence-corrected chi connectivity index (χ3v) is 1.22. The van der Waals surface area contributed by atoms with E-state index in [-0.39, 0.29) is 53.2 Å². The van der Waals surface area contributed by atoms with Crippen molar-refractivity contribution in [1.82, 2.24) is 0 Å². The second kappa shape index (κ2) is 17.3. The van der Waals surface area contributed by atoms with E-state index in [1.165, 1.54) is 41.5 Å². The van der Waals surface area contributed by atoms with Crippen molar-refractivity contribution in [2.75, 3.05) is 0 Å². The molecular formula is C15H21O6V-3. The van der Waals surface area contributed by atoms with Crippen LogP contribution in [0, 0.1) is 0 Å². The molecule has 0 saturated heterocycles. The number of rotatable bonds is 3. The first kappa shape index (κ1) is 28.4. The molecule has 7 heteroatoms. The van der Waals surface area contributed by atoms with E-state index in [1.54, 1.807) is 0 Å². The quantitative estimate of drug-likeness (QED) is 0.501. The number of hydrogen-bond donors (Lipinski definition) is 0. The van der Waals surface area contributed by atoms with Gasteiger partial charge in [0.2, 0.25) is 0 Å². The van der Waals surface area contributed by atoms with Crippen LogP contribution < -0.4 is 15.3 Å². The van der Waals surface area contributed by atoms with Gasteiger partial charge in [-0.1, -0.05) is 20.8 Å². The van der Waals surface area contributed by atoms with Gasteiger partial charge in [-0.15, -0.1) is 17.3 Å². The van der Waals surface area contributed by atoms with E-state index < -0.39 is 0 Å². The average Bonchev–Trinajstić information content (AvgIpc) is 2.10. The van der Waals surface area contributed by atoms with E-state index in [0.717, 1.165) is 18.2 Å². The van der Waals surface area contributed by atoms with E-state index >= 15 is 0 Å². The molecule has 0 amide bonds. The van der Waals surface area contributed by atoms with E-state index in [2.05, 4.69) is 0 Å². The summed E-state index contributed by atoms with van der Waals surface area (Å²) in [5, 5.41) is 29.9. The van der Waals surface area contributed by atoms with Gasteiger partial charge >= 0.3 is 0 Å². The van der Waals surface area contributed by atoms with Crippen LogP contribution in [0.25, 0.3) is 0 Å². The Kier molecular flexibility index (Phi) is 22.3. The molecule has 0 spiro atoms. The molecule has 125 valence electrons. The van der Waals surface area contributed by atoms with Crippen molar-refractivity contribution in [2.45, 2.75) is 41.5 Å². The maximum atomic E-state index is 9.98. The van der Waals surface area contributed by atoms with Crippen LogP contribution in [-0.4, -0.2) is 17.3 Å². The summed E-state index contributed by atoms with van der Waals surface area (Å²) >= 11 is 0. The third kappa shape index (κ3) is 51.7. The first-order chi connectivity index (χ1) is 9.38. The normalized spacial score (nSPS) is 10.9. The Morgan fingerprint density at radius 1 is 0.545 bits per heavy atom. The molecule has 22 heavy (non-hydrogen) atoms. The molecule has 1 radical (unpaired) electrons. The van der Waals surface area contributed by atoms with Gasteiger partial charge in [0.1, 0.15) is 0 Å². The van der Waals surface area contributed by atoms with E-state index in [0.29, 0.717) is 0 Å². The van der Waals surface area contributed by atoms with Crippen LogP contribution in [-0.2, 0) is 32.9 Å². The summed E-state index contributed by atoms with van der Waals surface area (Å²) in [4.78, 5) is 29.9. The summed E-state index contributed by atoms with van der Waals surface area (Å²) in [5.74, 6) is -1.12. The zero-order valence-electron chi connectivity index (χ0n) is 13.6. The molecule has 0 rings (SSSR count). The largest absolute Gasteiger partial charge is 0.876 e. The van der Waals surface area contributed by atoms with Crippen molar-refractivity contribution >= 4 is 17.3 Å². The molecule has 0 saturated carbocycles. The molecule has 0 aliphatic carbocycles. The zero-order valence-corrected chi connectivity index (χ0v) is 15.0. The van der Waals surface area contributed by atoms with Crippen LogP contribution in [0.2, 0.25) is 0 Å². The second-order valence-electron chi connectivity index (χ2n) is 4.10. The summed E-state index contributed by atoms with van der Waals surface area (Å²) in [5.41, 5.74) is 0. The molecule has 0 aromatic heterocycles. The Hall–Kier alpha value is -1.79. The topological polar surface area (TPSA) is 120 Å². The minimum absolute atomic E-state index is 0. The fourth-order valence-corrected chi connectivity index (χ4v) is 0.859. The Labute approximate surface area is 143 Å². The fraction of sp³-hybridized carbons (Fsp3) is 0.400. The van der Waals surface area contributed by atoms with Crippen molar-refractivity contribution in [2.24, 2.45) is 0 Å². The van der Waals surface area contributed by atoms with Crippen LogP contribution in [0.1, 0.15) is 41.5 Å². The first-order valence-electron chi connectivity index (χ1n) is 5.96. The maximum Gasteiger partial charge on any atom is 0.151 e. The van der Waals surface area contributed by atoms with Gasteiger partial charge in [-0.05, 0) is 39.0 Å². The van der Waals surface area contributed by atoms with Crippen molar-refractivity contribution < 1.29 is 48.3 Å². The van der Waals surface area contributed by atoms with E-state index in [4.69, 9.17) is 0 Å². The minimum Gasteiger partial charge on any atom is -0.876 e. The Bertz CT molecular complexity index is 368. The molecule has 0 unspecified atom stereocenters. The molecule has 0 bridgehead atoms. The Balaban J connectivity index is -0.000000108. The summed E-state index contributed by atoms with van der Waals surface area (Å²) in [7, 11) is 0. The van der Waals surface area contributed by atoms with E-state index in [9.17, 15) is 29.7 Å². The molecule has 0 N–H and O–H groups in total. The van der Waals surface area contributed by atoms with Crippen LogP contribution in [0.3, 0.4) is 0 Å². The van der Waals surface area contributed by atoms with Gasteiger partial charge < -0.3 is 15.3 Å². The van der Waals surface area contributed by atoms with Gasteiger partial charge in [-0.2, -0.15) is 0 Å². The molecule has 0 fully saturated rings. The average molecular weight is 348 g/mol. The molecule has 0 aliphatic rings. The number of hydrogen-bond acceptors (Lipinski definition) is 6. The smallest absolute Gasteiger partial charge is 0.151 e. The predicted molar refractivity (Wildman–Crippen MR) is 73.3 cm³/mol. The fourth-order valence-electron chi connectivity index (χ4n) is 0.859. The van der Waals surface area contributed by atoms with Crippen LogP contribution >= 0.6 is 0 Å².